The van der Waals surface area contributed by atoms with Crippen LogP contribution in [0.1, 0.15) is 16.9 Å². The lowest BCUT2D eigenvalue weighted by Gasteiger charge is -2.10. The minimum absolute atomic E-state index is 0.0255. The average Bonchev–Trinajstić information content (AvgIpc) is 2.74. The highest BCUT2D eigenvalue weighted by Crippen LogP contribution is 2.20. The second-order valence-electron chi connectivity index (χ2n) is 6.27. The number of rotatable bonds is 8. The lowest BCUT2D eigenvalue weighted by molar-refractivity contribution is -0.123. The van der Waals surface area contributed by atoms with Gasteiger partial charge < -0.3 is 15.4 Å². The maximum Gasteiger partial charge on any atom is 0.274 e. The Kier molecular flexibility index (Phi) is 6.92. The van der Waals surface area contributed by atoms with Crippen molar-refractivity contribution < 1.29 is 18.7 Å². The second kappa shape index (κ2) is 9.80. The van der Waals surface area contributed by atoms with Gasteiger partial charge in [-0.25, -0.2) is 14.4 Å². The van der Waals surface area contributed by atoms with Crippen LogP contribution in [0, 0.1) is 5.82 Å². The number of hydrogen-bond acceptors (Lipinski definition) is 5. The standard InChI is InChI=1S/C21H18ClFN4O3/c1-13(26-21(29)18-7-4-14-3-2-9-25-20(14)27-18)8-10-24-19(28)12-30-15-5-6-16(22)17(23)11-15/h2-7,9,11H,1,8,10,12H2,(H,24,28)(H,26,29). The maximum atomic E-state index is 13.3. The van der Waals surface area contributed by atoms with E-state index in [1.807, 2.05) is 6.07 Å². The molecule has 0 atom stereocenters. The predicted molar refractivity (Wildman–Crippen MR) is 111 cm³/mol. The van der Waals surface area contributed by atoms with Crippen molar-refractivity contribution in [2.45, 2.75) is 6.42 Å². The minimum atomic E-state index is -0.627. The van der Waals surface area contributed by atoms with Gasteiger partial charge in [-0.2, -0.15) is 0 Å². The zero-order valence-corrected chi connectivity index (χ0v) is 16.6. The number of fused-ring (bicyclic) bond motifs is 1. The molecule has 0 spiro atoms. The first-order valence-electron chi connectivity index (χ1n) is 8.98. The molecule has 7 nitrogen and oxygen atoms in total. The summed E-state index contributed by atoms with van der Waals surface area (Å²) in [6, 6.07) is 10.9. The molecule has 0 saturated heterocycles. The van der Waals surface area contributed by atoms with E-state index in [1.165, 1.54) is 12.1 Å². The number of amides is 2. The van der Waals surface area contributed by atoms with E-state index in [2.05, 4.69) is 27.2 Å². The van der Waals surface area contributed by atoms with Gasteiger partial charge in [0.15, 0.2) is 12.3 Å². The first-order chi connectivity index (χ1) is 14.4. The third kappa shape index (κ3) is 5.74. The highest BCUT2D eigenvalue weighted by Gasteiger charge is 2.10. The number of pyridine rings is 2. The molecule has 3 aromatic rings. The summed E-state index contributed by atoms with van der Waals surface area (Å²) in [4.78, 5) is 32.5. The van der Waals surface area contributed by atoms with Crippen LogP contribution in [0.3, 0.4) is 0 Å². The summed E-state index contributed by atoms with van der Waals surface area (Å²) < 4.78 is 18.5. The minimum Gasteiger partial charge on any atom is -0.484 e. The topological polar surface area (TPSA) is 93.2 Å². The molecule has 30 heavy (non-hydrogen) atoms. The molecule has 9 heteroatoms. The third-order valence-corrected chi connectivity index (χ3v) is 4.30. The van der Waals surface area contributed by atoms with Gasteiger partial charge in [-0.3, -0.25) is 9.59 Å². The highest BCUT2D eigenvalue weighted by atomic mass is 35.5. The van der Waals surface area contributed by atoms with E-state index >= 15 is 0 Å². The Hall–Kier alpha value is -3.52. The number of benzene rings is 1. The molecule has 3 rings (SSSR count). The highest BCUT2D eigenvalue weighted by molar-refractivity contribution is 6.30. The molecule has 0 aliphatic carbocycles. The van der Waals surface area contributed by atoms with Crippen LogP contribution < -0.4 is 15.4 Å². The lowest BCUT2D eigenvalue weighted by atomic mass is 10.2. The predicted octanol–water partition coefficient (Wildman–Crippen LogP) is 3.25. The molecule has 1 aromatic carbocycles. The molecule has 0 unspecified atom stereocenters. The van der Waals surface area contributed by atoms with Crippen molar-refractivity contribution in [3.05, 3.63) is 77.5 Å². The van der Waals surface area contributed by atoms with Gasteiger partial charge in [0.05, 0.1) is 5.02 Å². The van der Waals surface area contributed by atoms with Crippen molar-refractivity contribution in [2.24, 2.45) is 0 Å². The third-order valence-electron chi connectivity index (χ3n) is 4.00. The molecule has 2 aromatic heterocycles. The maximum absolute atomic E-state index is 13.3. The summed E-state index contributed by atoms with van der Waals surface area (Å²) in [6.07, 6.45) is 1.92. The van der Waals surface area contributed by atoms with Crippen molar-refractivity contribution in [2.75, 3.05) is 13.2 Å². The van der Waals surface area contributed by atoms with Gasteiger partial charge in [0.25, 0.3) is 11.8 Å². The zero-order chi connectivity index (χ0) is 21.5. The van der Waals surface area contributed by atoms with Crippen LogP contribution >= 0.6 is 11.6 Å². The van der Waals surface area contributed by atoms with Crippen molar-refractivity contribution in [1.29, 1.82) is 0 Å². The monoisotopic (exact) mass is 428 g/mol. The molecule has 0 radical (unpaired) electrons. The number of ether oxygens (including phenoxy) is 1. The molecule has 2 heterocycles. The number of carbonyl (C=O) groups is 2. The molecule has 0 saturated carbocycles. The van der Waals surface area contributed by atoms with Crippen LogP contribution in [-0.2, 0) is 4.79 Å². The van der Waals surface area contributed by atoms with Gasteiger partial charge in [0, 0.05) is 36.3 Å². The fraction of sp³-hybridized carbons (Fsp3) is 0.143. The summed E-state index contributed by atoms with van der Waals surface area (Å²) in [5.74, 6) is -1.24. The van der Waals surface area contributed by atoms with Crippen LogP contribution in [-0.4, -0.2) is 34.9 Å². The van der Waals surface area contributed by atoms with Gasteiger partial charge in [0.1, 0.15) is 17.3 Å². The first kappa shape index (κ1) is 21.2. The largest absolute Gasteiger partial charge is 0.484 e. The fourth-order valence-electron chi connectivity index (χ4n) is 2.49. The molecule has 2 amide bonds. The second-order valence-corrected chi connectivity index (χ2v) is 6.68. The van der Waals surface area contributed by atoms with Crippen molar-refractivity contribution >= 4 is 34.4 Å². The molecule has 154 valence electrons. The molecule has 2 N–H and O–H groups in total. The Bertz CT molecular complexity index is 1110. The van der Waals surface area contributed by atoms with E-state index in [4.69, 9.17) is 16.3 Å². The first-order valence-corrected chi connectivity index (χ1v) is 9.35. The Morgan fingerprint density at radius 3 is 2.83 bits per heavy atom. The van der Waals surface area contributed by atoms with Crippen LogP contribution in [0.15, 0.2) is 60.9 Å². The van der Waals surface area contributed by atoms with E-state index in [-0.39, 0.29) is 29.6 Å². The SMILES string of the molecule is C=C(CCNC(=O)COc1ccc(Cl)c(F)c1)NC(=O)c1ccc2cccnc2n1. The van der Waals surface area contributed by atoms with Gasteiger partial charge >= 0.3 is 0 Å². The van der Waals surface area contributed by atoms with Gasteiger partial charge in [-0.15, -0.1) is 0 Å². The zero-order valence-electron chi connectivity index (χ0n) is 15.8. The number of halogens is 2. The molecular weight excluding hydrogens is 411 g/mol. The number of nitrogens with one attached hydrogen (secondary N) is 2. The molecule has 0 aliphatic rings. The summed E-state index contributed by atoms with van der Waals surface area (Å²) in [5, 5.41) is 6.08. The van der Waals surface area contributed by atoms with E-state index in [0.717, 1.165) is 11.5 Å². The van der Waals surface area contributed by atoms with E-state index < -0.39 is 17.6 Å². The Morgan fingerprint density at radius 1 is 1.20 bits per heavy atom. The lowest BCUT2D eigenvalue weighted by Crippen LogP contribution is -2.31. The van der Waals surface area contributed by atoms with Crippen LogP contribution in [0.2, 0.25) is 5.02 Å². The molecule has 0 aliphatic heterocycles. The number of nitrogens with zero attached hydrogens (tertiary/aromatic N) is 2. The quantitative estimate of drug-likeness (QED) is 0.574. The Labute approximate surface area is 176 Å². The number of hydrogen-bond donors (Lipinski definition) is 2. The summed E-state index contributed by atoms with van der Waals surface area (Å²) in [6.45, 7) is 3.73. The number of carbonyl (C=O) groups excluding carboxylic acids is 2. The fourth-order valence-corrected chi connectivity index (χ4v) is 2.60. The van der Waals surface area contributed by atoms with Crippen molar-refractivity contribution in [3.63, 3.8) is 0 Å². The van der Waals surface area contributed by atoms with Gasteiger partial charge in [0.2, 0.25) is 0 Å². The number of aromatic nitrogens is 2. The Balaban J connectivity index is 1.40. The average molecular weight is 429 g/mol. The summed E-state index contributed by atoms with van der Waals surface area (Å²) in [5.41, 5.74) is 1.11. The summed E-state index contributed by atoms with van der Waals surface area (Å²) >= 11 is 5.59. The smallest absolute Gasteiger partial charge is 0.274 e. The Morgan fingerprint density at radius 2 is 2.03 bits per heavy atom. The van der Waals surface area contributed by atoms with E-state index in [1.54, 1.807) is 24.4 Å². The van der Waals surface area contributed by atoms with Crippen molar-refractivity contribution in [1.82, 2.24) is 20.6 Å². The molecule has 0 fully saturated rings. The summed E-state index contributed by atoms with van der Waals surface area (Å²) in [7, 11) is 0. The van der Waals surface area contributed by atoms with E-state index in [0.29, 0.717) is 17.8 Å². The van der Waals surface area contributed by atoms with Crippen LogP contribution in [0.25, 0.3) is 11.0 Å². The van der Waals surface area contributed by atoms with Crippen LogP contribution in [0.5, 0.6) is 5.75 Å². The van der Waals surface area contributed by atoms with Crippen LogP contribution in [0.4, 0.5) is 4.39 Å². The van der Waals surface area contributed by atoms with Crippen molar-refractivity contribution in [3.8, 4) is 5.75 Å². The van der Waals surface area contributed by atoms with E-state index in [9.17, 15) is 14.0 Å². The molecule has 0 bridgehead atoms. The normalized spacial score (nSPS) is 10.5. The molecular formula is C21H18ClFN4O3. The van der Waals surface area contributed by atoms with Gasteiger partial charge in [-0.1, -0.05) is 18.2 Å². The van der Waals surface area contributed by atoms with Gasteiger partial charge in [-0.05, 0) is 36.4 Å².